The zero-order valence-corrected chi connectivity index (χ0v) is 8.57. The molecule has 3 N–H and O–H groups in total. The minimum atomic E-state index is -0.684. The van der Waals surface area contributed by atoms with E-state index < -0.39 is 11.9 Å². The summed E-state index contributed by atoms with van der Waals surface area (Å²) in [6, 6.07) is 8.75. The maximum Gasteiger partial charge on any atom is 0.243 e. The Labute approximate surface area is 88.5 Å². The molecule has 0 aliphatic carbocycles. The number of hydrogen-bond acceptors (Lipinski definition) is 3. The Morgan fingerprint density at radius 2 is 1.93 bits per heavy atom. The number of nitrogens with two attached hydrogens (primary N) is 1. The van der Waals surface area contributed by atoms with Crippen molar-refractivity contribution in [2.24, 2.45) is 5.73 Å². The van der Waals surface area contributed by atoms with Crippen molar-refractivity contribution in [2.75, 3.05) is 0 Å². The Balaban J connectivity index is 2.52. The highest BCUT2D eigenvalue weighted by Crippen LogP contribution is 2.01. The largest absolute Gasteiger partial charge is 0.320 e. The van der Waals surface area contributed by atoms with Crippen molar-refractivity contribution in [2.45, 2.75) is 19.4 Å². The lowest BCUT2D eigenvalue weighted by Gasteiger charge is -2.10. The molecule has 0 aliphatic heterocycles. The van der Waals surface area contributed by atoms with Gasteiger partial charge >= 0.3 is 0 Å². The van der Waals surface area contributed by atoms with E-state index in [1.807, 2.05) is 30.3 Å². The summed E-state index contributed by atoms with van der Waals surface area (Å²) in [6.45, 7) is 1.28. The van der Waals surface area contributed by atoms with Gasteiger partial charge in [0.15, 0.2) is 0 Å². The average molecular weight is 206 g/mol. The minimum absolute atomic E-state index is 0.386. The molecule has 0 aliphatic rings. The molecule has 0 bridgehead atoms. The third kappa shape index (κ3) is 3.91. The Morgan fingerprint density at radius 1 is 1.33 bits per heavy atom. The quantitative estimate of drug-likeness (QED) is 0.743. The van der Waals surface area contributed by atoms with Crippen molar-refractivity contribution in [3.8, 4) is 0 Å². The fourth-order valence-electron chi connectivity index (χ4n) is 1.23. The van der Waals surface area contributed by atoms with Crippen LogP contribution in [0.25, 0.3) is 0 Å². The fourth-order valence-corrected chi connectivity index (χ4v) is 1.23. The van der Waals surface area contributed by atoms with E-state index in [0.29, 0.717) is 6.42 Å². The molecule has 0 heterocycles. The second-order valence-electron chi connectivity index (χ2n) is 3.34. The van der Waals surface area contributed by atoms with Crippen molar-refractivity contribution >= 4 is 11.8 Å². The summed E-state index contributed by atoms with van der Waals surface area (Å²) in [7, 11) is 0. The lowest BCUT2D eigenvalue weighted by Crippen LogP contribution is -2.43. The number of nitrogens with one attached hydrogen (secondary N) is 1. The van der Waals surface area contributed by atoms with Crippen LogP contribution in [0.15, 0.2) is 30.3 Å². The van der Waals surface area contributed by atoms with Gasteiger partial charge in [-0.05, 0) is 12.0 Å². The number of rotatable bonds is 3. The normalized spacial score (nSPS) is 11.9. The maximum atomic E-state index is 11.3. The van der Waals surface area contributed by atoms with Gasteiger partial charge in [-0.2, -0.15) is 0 Å². The summed E-state index contributed by atoms with van der Waals surface area (Å²) in [5.41, 5.74) is 6.61. The van der Waals surface area contributed by atoms with E-state index in [0.717, 1.165) is 5.56 Å². The molecule has 1 aromatic rings. The summed E-state index contributed by atoms with van der Waals surface area (Å²) in [6.07, 6.45) is 0.431. The first-order valence-electron chi connectivity index (χ1n) is 4.70. The first-order chi connectivity index (χ1) is 7.09. The van der Waals surface area contributed by atoms with Crippen molar-refractivity contribution < 1.29 is 9.59 Å². The predicted octanol–water partition coefficient (Wildman–Crippen LogP) is 0.219. The molecule has 0 radical (unpaired) electrons. The molecular formula is C11H14N2O2. The Morgan fingerprint density at radius 3 is 2.47 bits per heavy atom. The van der Waals surface area contributed by atoms with Crippen molar-refractivity contribution in [3.63, 3.8) is 0 Å². The number of imide groups is 1. The summed E-state index contributed by atoms with van der Waals surface area (Å²) in [5, 5.41) is 2.16. The number of amides is 2. The van der Waals surface area contributed by atoms with E-state index in [9.17, 15) is 9.59 Å². The summed E-state index contributed by atoms with van der Waals surface area (Å²) in [4.78, 5) is 21.9. The number of carbonyl (C=O) groups excluding carboxylic acids is 2. The van der Waals surface area contributed by atoms with Crippen LogP contribution in [0.3, 0.4) is 0 Å². The Kier molecular flexibility index (Phi) is 4.00. The molecular weight excluding hydrogens is 192 g/mol. The van der Waals surface area contributed by atoms with Gasteiger partial charge in [-0.1, -0.05) is 30.3 Å². The maximum absolute atomic E-state index is 11.3. The van der Waals surface area contributed by atoms with Gasteiger partial charge in [0.05, 0.1) is 6.04 Å². The van der Waals surface area contributed by atoms with Gasteiger partial charge in [-0.25, -0.2) is 0 Å². The first kappa shape index (κ1) is 11.4. The van der Waals surface area contributed by atoms with E-state index in [1.165, 1.54) is 6.92 Å². The summed E-state index contributed by atoms with van der Waals surface area (Å²) >= 11 is 0. The molecule has 0 fully saturated rings. The molecule has 1 aromatic carbocycles. The van der Waals surface area contributed by atoms with E-state index in [-0.39, 0.29) is 5.91 Å². The van der Waals surface area contributed by atoms with Crippen LogP contribution in [-0.4, -0.2) is 17.9 Å². The lowest BCUT2D eigenvalue weighted by molar-refractivity contribution is -0.130. The number of carbonyl (C=O) groups is 2. The molecule has 0 unspecified atom stereocenters. The molecule has 4 nitrogen and oxygen atoms in total. The van der Waals surface area contributed by atoms with Gasteiger partial charge in [0.25, 0.3) is 0 Å². The zero-order valence-electron chi connectivity index (χ0n) is 8.57. The zero-order chi connectivity index (χ0) is 11.3. The summed E-state index contributed by atoms with van der Waals surface area (Å²) in [5.74, 6) is -0.824. The standard InChI is InChI=1S/C11H14N2O2/c1-8(14)13-11(15)10(12)7-9-5-3-2-4-6-9/h2-6,10H,7,12H2,1H3,(H,13,14,15)/t10-/m1/s1. The topological polar surface area (TPSA) is 72.2 Å². The molecule has 0 saturated heterocycles. The lowest BCUT2D eigenvalue weighted by atomic mass is 10.1. The highest BCUT2D eigenvalue weighted by molar-refractivity contribution is 5.96. The summed E-state index contributed by atoms with van der Waals surface area (Å²) < 4.78 is 0. The Bertz CT molecular complexity index is 349. The van der Waals surface area contributed by atoms with E-state index in [2.05, 4.69) is 5.32 Å². The van der Waals surface area contributed by atoms with Crippen LogP contribution in [0.2, 0.25) is 0 Å². The predicted molar refractivity (Wildman–Crippen MR) is 56.9 cm³/mol. The molecule has 0 saturated carbocycles. The number of benzene rings is 1. The third-order valence-electron chi connectivity index (χ3n) is 1.93. The van der Waals surface area contributed by atoms with Gasteiger partial charge in [0, 0.05) is 6.92 Å². The highest BCUT2D eigenvalue weighted by Gasteiger charge is 2.14. The van der Waals surface area contributed by atoms with Crippen LogP contribution < -0.4 is 11.1 Å². The fraction of sp³-hybridized carbons (Fsp3) is 0.273. The van der Waals surface area contributed by atoms with E-state index >= 15 is 0 Å². The molecule has 1 atom stereocenters. The van der Waals surface area contributed by atoms with Crippen molar-refractivity contribution in [1.82, 2.24) is 5.32 Å². The highest BCUT2D eigenvalue weighted by atomic mass is 16.2. The van der Waals surface area contributed by atoms with E-state index in [4.69, 9.17) is 5.73 Å². The molecule has 4 heteroatoms. The molecule has 1 rings (SSSR count). The van der Waals surface area contributed by atoms with E-state index in [1.54, 1.807) is 0 Å². The van der Waals surface area contributed by atoms with Gasteiger partial charge in [-0.3, -0.25) is 14.9 Å². The minimum Gasteiger partial charge on any atom is -0.320 e. The van der Waals surface area contributed by atoms with Crippen LogP contribution in [0, 0.1) is 0 Å². The van der Waals surface area contributed by atoms with Crippen LogP contribution in [0.4, 0.5) is 0 Å². The third-order valence-corrected chi connectivity index (χ3v) is 1.93. The van der Waals surface area contributed by atoms with Gasteiger partial charge in [0.1, 0.15) is 0 Å². The number of hydrogen-bond donors (Lipinski definition) is 2. The van der Waals surface area contributed by atoms with Gasteiger partial charge in [0.2, 0.25) is 11.8 Å². The molecule has 80 valence electrons. The molecule has 0 aromatic heterocycles. The van der Waals surface area contributed by atoms with Crippen LogP contribution in [0.1, 0.15) is 12.5 Å². The monoisotopic (exact) mass is 206 g/mol. The molecule has 0 spiro atoms. The smallest absolute Gasteiger partial charge is 0.243 e. The first-order valence-corrected chi connectivity index (χ1v) is 4.70. The second-order valence-corrected chi connectivity index (χ2v) is 3.34. The molecule has 2 amide bonds. The van der Waals surface area contributed by atoms with Crippen molar-refractivity contribution in [1.29, 1.82) is 0 Å². The van der Waals surface area contributed by atoms with Crippen LogP contribution >= 0.6 is 0 Å². The SMILES string of the molecule is CC(=O)NC(=O)[C@H](N)Cc1ccccc1. The van der Waals surface area contributed by atoms with Crippen molar-refractivity contribution in [3.05, 3.63) is 35.9 Å². The van der Waals surface area contributed by atoms with Gasteiger partial charge in [-0.15, -0.1) is 0 Å². The second kappa shape index (κ2) is 5.26. The Hall–Kier alpha value is -1.68. The molecule has 15 heavy (non-hydrogen) atoms. The van der Waals surface area contributed by atoms with Gasteiger partial charge < -0.3 is 5.73 Å². The average Bonchev–Trinajstić information content (AvgIpc) is 2.18. The van der Waals surface area contributed by atoms with Crippen LogP contribution in [-0.2, 0) is 16.0 Å². The van der Waals surface area contributed by atoms with Crippen LogP contribution in [0.5, 0.6) is 0 Å².